The summed E-state index contributed by atoms with van der Waals surface area (Å²) in [5, 5.41) is 11.4. The smallest absolute Gasteiger partial charge is 0.319 e. The van der Waals surface area contributed by atoms with Gasteiger partial charge in [0.25, 0.3) is 5.56 Å². The van der Waals surface area contributed by atoms with Crippen molar-refractivity contribution in [2.45, 2.75) is 33.2 Å². The van der Waals surface area contributed by atoms with E-state index in [1.807, 2.05) is 13.8 Å². The summed E-state index contributed by atoms with van der Waals surface area (Å²) in [4.78, 5) is 27.4. The molecule has 2 rings (SSSR count). The molecule has 0 unspecified atom stereocenters. The third kappa shape index (κ3) is 3.91. The van der Waals surface area contributed by atoms with E-state index in [9.17, 15) is 14.0 Å². The minimum atomic E-state index is -0.632. The fourth-order valence-corrected chi connectivity index (χ4v) is 2.27. The molecule has 2 amide bonds. The Morgan fingerprint density at radius 1 is 1.30 bits per heavy atom. The van der Waals surface area contributed by atoms with Crippen LogP contribution in [0.15, 0.2) is 23.3 Å². The number of halogens is 1. The van der Waals surface area contributed by atoms with Crippen LogP contribution in [0.2, 0.25) is 0 Å². The summed E-state index contributed by atoms with van der Waals surface area (Å²) in [5.41, 5.74) is 1.77. The minimum Gasteiger partial charge on any atom is -0.334 e. The van der Waals surface area contributed by atoms with Crippen LogP contribution in [0.4, 0.5) is 14.9 Å². The highest BCUT2D eigenvalue weighted by Crippen LogP contribution is 2.12. The maximum Gasteiger partial charge on any atom is 0.319 e. The van der Waals surface area contributed by atoms with Gasteiger partial charge in [-0.05, 0) is 24.5 Å². The fraction of sp³-hybridized carbons (Fsp3) is 0.333. The first-order chi connectivity index (χ1) is 11.1. The Balaban J connectivity index is 2.10. The summed E-state index contributed by atoms with van der Waals surface area (Å²) in [5.74, 6) is -0.632. The topological polar surface area (TPSA) is 99.8 Å². The molecule has 23 heavy (non-hydrogen) atoms. The van der Waals surface area contributed by atoms with Gasteiger partial charge < -0.3 is 10.6 Å². The zero-order chi connectivity index (χ0) is 16.8. The van der Waals surface area contributed by atoms with Crippen LogP contribution in [0.3, 0.4) is 0 Å². The molecule has 122 valence electrons. The van der Waals surface area contributed by atoms with Crippen molar-refractivity contribution >= 4 is 11.7 Å². The van der Waals surface area contributed by atoms with E-state index >= 15 is 0 Å². The molecular formula is C15H18FN5O2. The SMILES string of the molecule is CCc1n[nH]c(=O)c(CNC(=O)Nc2ccncc2F)c1CC. The molecule has 2 aromatic heterocycles. The molecule has 8 heteroatoms. The third-order valence-electron chi connectivity index (χ3n) is 3.41. The molecule has 0 atom stereocenters. The monoisotopic (exact) mass is 319 g/mol. The largest absolute Gasteiger partial charge is 0.334 e. The third-order valence-corrected chi connectivity index (χ3v) is 3.41. The number of H-pyrrole nitrogens is 1. The molecule has 0 fully saturated rings. The van der Waals surface area contributed by atoms with Gasteiger partial charge in [0, 0.05) is 11.8 Å². The first-order valence-corrected chi connectivity index (χ1v) is 7.30. The van der Waals surface area contributed by atoms with Gasteiger partial charge in [0.05, 0.1) is 24.1 Å². The Morgan fingerprint density at radius 3 is 2.74 bits per heavy atom. The number of carbonyl (C=O) groups is 1. The summed E-state index contributed by atoms with van der Waals surface area (Å²) in [6, 6.07) is 0.743. The van der Waals surface area contributed by atoms with Crippen LogP contribution >= 0.6 is 0 Å². The number of aryl methyl sites for hydroxylation is 1. The molecule has 0 saturated heterocycles. The van der Waals surface area contributed by atoms with Crippen molar-refractivity contribution < 1.29 is 9.18 Å². The molecule has 0 aromatic carbocycles. The van der Waals surface area contributed by atoms with Crippen molar-refractivity contribution in [3.8, 4) is 0 Å². The number of aromatic amines is 1. The van der Waals surface area contributed by atoms with Gasteiger partial charge in [0.15, 0.2) is 5.82 Å². The highest BCUT2D eigenvalue weighted by molar-refractivity contribution is 5.89. The lowest BCUT2D eigenvalue weighted by atomic mass is 10.0. The lowest BCUT2D eigenvalue weighted by Gasteiger charge is -2.12. The van der Waals surface area contributed by atoms with Gasteiger partial charge in [-0.15, -0.1) is 0 Å². The van der Waals surface area contributed by atoms with Gasteiger partial charge >= 0.3 is 6.03 Å². The van der Waals surface area contributed by atoms with E-state index in [1.165, 1.54) is 12.3 Å². The van der Waals surface area contributed by atoms with Gasteiger partial charge in [-0.3, -0.25) is 9.78 Å². The van der Waals surface area contributed by atoms with Crippen LogP contribution in [0.25, 0.3) is 0 Å². The summed E-state index contributed by atoms with van der Waals surface area (Å²) in [7, 11) is 0. The van der Waals surface area contributed by atoms with Crippen LogP contribution in [-0.4, -0.2) is 21.2 Å². The van der Waals surface area contributed by atoms with Crippen LogP contribution in [-0.2, 0) is 19.4 Å². The summed E-state index contributed by atoms with van der Waals surface area (Å²) in [6.07, 6.45) is 3.69. The van der Waals surface area contributed by atoms with Crippen molar-refractivity contribution in [1.82, 2.24) is 20.5 Å². The molecule has 2 heterocycles. The minimum absolute atomic E-state index is 0.0195. The number of carbonyl (C=O) groups excluding carboxylic acids is 1. The first-order valence-electron chi connectivity index (χ1n) is 7.30. The Bertz CT molecular complexity index is 760. The molecule has 0 bridgehead atoms. The van der Waals surface area contributed by atoms with Gasteiger partial charge in [0.2, 0.25) is 0 Å². The first kappa shape index (κ1) is 16.6. The van der Waals surface area contributed by atoms with Gasteiger partial charge in [-0.25, -0.2) is 14.3 Å². The van der Waals surface area contributed by atoms with Crippen LogP contribution in [0.1, 0.15) is 30.7 Å². The Kier molecular flexibility index (Phi) is 5.40. The predicted octanol–water partition coefficient (Wildman–Crippen LogP) is 1.75. The number of nitrogens with one attached hydrogen (secondary N) is 3. The van der Waals surface area contributed by atoms with E-state index in [4.69, 9.17) is 0 Å². The van der Waals surface area contributed by atoms with Crippen LogP contribution < -0.4 is 16.2 Å². The predicted molar refractivity (Wildman–Crippen MR) is 83.7 cm³/mol. The molecule has 0 spiro atoms. The second-order valence-corrected chi connectivity index (χ2v) is 4.83. The van der Waals surface area contributed by atoms with E-state index in [-0.39, 0.29) is 17.8 Å². The molecule has 0 aliphatic carbocycles. The highest BCUT2D eigenvalue weighted by atomic mass is 19.1. The normalized spacial score (nSPS) is 10.4. The Hall–Kier alpha value is -2.77. The van der Waals surface area contributed by atoms with Gasteiger partial charge in [-0.2, -0.15) is 5.10 Å². The number of nitrogens with zero attached hydrogens (tertiary/aromatic N) is 2. The van der Waals surface area contributed by atoms with Crippen molar-refractivity contribution in [2.75, 3.05) is 5.32 Å². The maximum atomic E-state index is 13.4. The zero-order valence-corrected chi connectivity index (χ0v) is 12.9. The average molecular weight is 319 g/mol. The number of hydrogen-bond donors (Lipinski definition) is 3. The Morgan fingerprint density at radius 2 is 2.09 bits per heavy atom. The second-order valence-electron chi connectivity index (χ2n) is 4.83. The van der Waals surface area contributed by atoms with Crippen molar-refractivity contribution in [2.24, 2.45) is 0 Å². The summed E-state index contributed by atoms with van der Waals surface area (Å²) >= 11 is 0. The lowest BCUT2D eigenvalue weighted by Crippen LogP contribution is -2.32. The number of urea groups is 1. The standard InChI is InChI=1S/C15H18FN5O2/c1-3-9-10(14(22)21-20-12(9)4-2)7-18-15(23)19-13-5-6-17-8-11(13)16/h5-6,8H,3-4,7H2,1-2H3,(H,21,22)(H2,17,18,19,23). The van der Waals surface area contributed by atoms with Gasteiger partial charge in [0.1, 0.15) is 0 Å². The molecule has 0 radical (unpaired) electrons. The van der Waals surface area contributed by atoms with E-state index in [2.05, 4.69) is 25.8 Å². The average Bonchev–Trinajstić information content (AvgIpc) is 2.55. The molecule has 3 N–H and O–H groups in total. The van der Waals surface area contributed by atoms with E-state index < -0.39 is 11.8 Å². The maximum absolute atomic E-state index is 13.4. The van der Waals surface area contributed by atoms with E-state index in [0.29, 0.717) is 18.4 Å². The van der Waals surface area contributed by atoms with E-state index in [0.717, 1.165) is 17.5 Å². The second kappa shape index (κ2) is 7.48. The molecule has 7 nitrogen and oxygen atoms in total. The van der Waals surface area contributed by atoms with E-state index in [1.54, 1.807) is 0 Å². The number of anilines is 1. The van der Waals surface area contributed by atoms with Gasteiger partial charge in [-0.1, -0.05) is 13.8 Å². The molecule has 0 aliphatic rings. The fourth-order valence-electron chi connectivity index (χ4n) is 2.27. The highest BCUT2D eigenvalue weighted by Gasteiger charge is 2.13. The van der Waals surface area contributed by atoms with Crippen molar-refractivity contribution in [3.05, 3.63) is 51.5 Å². The zero-order valence-electron chi connectivity index (χ0n) is 12.9. The lowest BCUT2D eigenvalue weighted by molar-refractivity contribution is 0.251. The Labute approximate surface area is 132 Å². The van der Waals surface area contributed by atoms with Crippen LogP contribution in [0.5, 0.6) is 0 Å². The number of amides is 2. The number of aromatic nitrogens is 3. The molecular weight excluding hydrogens is 301 g/mol. The molecule has 2 aromatic rings. The molecule has 0 aliphatic heterocycles. The molecule has 0 saturated carbocycles. The number of rotatable bonds is 5. The summed E-state index contributed by atoms with van der Waals surface area (Å²) in [6.45, 7) is 3.90. The summed E-state index contributed by atoms with van der Waals surface area (Å²) < 4.78 is 13.4. The number of hydrogen-bond acceptors (Lipinski definition) is 4. The van der Waals surface area contributed by atoms with Crippen molar-refractivity contribution in [1.29, 1.82) is 0 Å². The van der Waals surface area contributed by atoms with Crippen LogP contribution in [0, 0.1) is 5.82 Å². The quantitative estimate of drug-likeness (QED) is 0.781. The number of pyridine rings is 1. The van der Waals surface area contributed by atoms with Crippen molar-refractivity contribution in [3.63, 3.8) is 0 Å².